The SMILES string of the molecule is CN1C=CN(C(C)(C)C)C=C1. The molecule has 0 unspecified atom stereocenters. The first-order valence-corrected chi connectivity index (χ1v) is 3.87. The third-order valence-electron chi connectivity index (χ3n) is 1.70. The maximum Gasteiger partial charge on any atom is 0.0356 e. The second-order valence-corrected chi connectivity index (χ2v) is 3.84. The Balaban J connectivity index is 2.66. The maximum absolute atomic E-state index is 2.19. The average Bonchev–Trinajstić information content (AvgIpc) is 1.86. The van der Waals surface area contributed by atoms with Gasteiger partial charge in [-0.15, -0.1) is 0 Å². The van der Waals surface area contributed by atoms with Gasteiger partial charge in [0, 0.05) is 37.4 Å². The molecule has 0 N–H and O–H groups in total. The Kier molecular flexibility index (Phi) is 1.94. The minimum Gasteiger partial charge on any atom is -0.354 e. The van der Waals surface area contributed by atoms with Crippen LogP contribution in [-0.4, -0.2) is 22.4 Å². The van der Waals surface area contributed by atoms with Gasteiger partial charge in [-0.05, 0) is 20.8 Å². The van der Waals surface area contributed by atoms with E-state index in [1.165, 1.54) is 0 Å². The van der Waals surface area contributed by atoms with Crippen LogP contribution in [0.15, 0.2) is 24.8 Å². The molecule has 1 heterocycles. The van der Waals surface area contributed by atoms with Crippen LogP contribution in [0.4, 0.5) is 0 Å². The van der Waals surface area contributed by atoms with Crippen molar-refractivity contribution in [3.8, 4) is 0 Å². The van der Waals surface area contributed by atoms with Crippen LogP contribution in [0.25, 0.3) is 0 Å². The summed E-state index contributed by atoms with van der Waals surface area (Å²) in [5, 5.41) is 0. The fourth-order valence-corrected chi connectivity index (χ4v) is 0.901. The van der Waals surface area contributed by atoms with Crippen molar-refractivity contribution in [1.82, 2.24) is 9.80 Å². The average molecular weight is 152 g/mol. The van der Waals surface area contributed by atoms with Gasteiger partial charge >= 0.3 is 0 Å². The van der Waals surface area contributed by atoms with Gasteiger partial charge in [0.1, 0.15) is 0 Å². The smallest absolute Gasteiger partial charge is 0.0356 e. The van der Waals surface area contributed by atoms with E-state index in [0.29, 0.717) is 0 Å². The van der Waals surface area contributed by atoms with Crippen molar-refractivity contribution in [3.63, 3.8) is 0 Å². The molecule has 0 atom stereocenters. The molecule has 62 valence electrons. The van der Waals surface area contributed by atoms with Crippen LogP contribution in [-0.2, 0) is 0 Å². The highest BCUT2D eigenvalue weighted by molar-refractivity contribution is 5.03. The van der Waals surface area contributed by atoms with Crippen molar-refractivity contribution < 1.29 is 0 Å². The van der Waals surface area contributed by atoms with Crippen molar-refractivity contribution in [1.29, 1.82) is 0 Å². The first kappa shape index (κ1) is 8.18. The van der Waals surface area contributed by atoms with Crippen LogP contribution in [0.2, 0.25) is 0 Å². The van der Waals surface area contributed by atoms with Gasteiger partial charge in [-0.1, -0.05) is 0 Å². The Morgan fingerprint density at radius 3 is 1.73 bits per heavy atom. The molecule has 1 aliphatic heterocycles. The monoisotopic (exact) mass is 152 g/mol. The van der Waals surface area contributed by atoms with Gasteiger partial charge in [-0.2, -0.15) is 0 Å². The van der Waals surface area contributed by atoms with Crippen LogP contribution in [0.5, 0.6) is 0 Å². The van der Waals surface area contributed by atoms with Crippen LogP contribution < -0.4 is 0 Å². The largest absolute Gasteiger partial charge is 0.354 e. The van der Waals surface area contributed by atoms with Crippen LogP contribution >= 0.6 is 0 Å². The summed E-state index contributed by atoms with van der Waals surface area (Å²) in [7, 11) is 2.02. The fourth-order valence-electron chi connectivity index (χ4n) is 0.901. The Hall–Kier alpha value is -0.920. The third-order valence-corrected chi connectivity index (χ3v) is 1.70. The molecule has 0 aromatic rings. The molecule has 0 fully saturated rings. The molecule has 0 spiro atoms. The topological polar surface area (TPSA) is 6.48 Å². The van der Waals surface area contributed by atoms with E-state index >= 15 is 0 Å². The molecule has 0 radical (unpaired) electrons. The first-order chi connectivity index (χ1) is 5.00. The van der Waals surface area contributed by atoms with Crippen molar-refractivity contribution in [2.24, 2.45) is 0 Å². The van der Waals surface area contributed by atoms with Crippen LogP contribution in [0.3, 0.4) is 0 Å². The molecule has 1 aliphatic rings. The zero-order chi connectivity index (χ0) is 8.48. The van der Waals surface area contributed by atoms with Crippen LogP contribution in [0, 0.1) is 0 Å². The highest BCUT2D eigenvalue weighted by Crippen LogP contribution is 2.16. The summed E-state index contributed by atoms with van der Waals surface area (Å²) < 4.78 is 0. The minimum absolute atomic E-state index is 0.189. The van der Waals surface area contributed by atoms with E-state index in [4.69, 9.17) is 0 Å². The van der Waals surface area contributed by atoms with E-state index in [9.17, 15) is 0 Å². The number of hydrogen-bond donors (Lipinski definition) is 0. The predicted molar refractivity (Wildman–Crippen MR) is 47.6 cm³/mol. The van der Waals surface area contributed by atoms with Gasteiger partial charge in [0.25, 0.3) is 0 Å². The fraction of sp³-hybridized carbons (Fsp3) is 0.556. The van der Waals surface area contributed by atoms with Crippen molar-refractivity contribution in [3.05, 3.63) is 24.8 Å². The molecule has 11 heavy (non-hydrogen) atoms. The molecule has 0 aromatic heterocycles. The van der Waals surface area contributed by atoms with E-state index in [2.05, 4.69) is 38.1 Å². The second kappa shape index (κ2) is 2.61. The van der Waals surface area contributed by atoms with Gasteiger partial charge in [0.2, 0.25) is 0 Å². The Morgan fingerprint density at radius 2 is 1.36 bits per heavy atom. The predicted octanol–water partition coefficient (Wildman–Crippen LogP) is 1.97. The molecule has 0 saturated carbocycles. The Bertz CT molecular complexity index is 172. The molecule has 2 heteroatoms. The van der Waals surface area contributed by atoms with E-state index in [1.807, 2.05) is 24.3 Å². The molecule has 0 aromatic carbocycles. The van der Waals surface area contributed by atoms with Crippen molar-refractivity contribution in [2.75, 3.05) is 7.05 Å². The van der Waals surface area contributed by atoms with Gasteiger partial charge in [-0.3, -0.25) is 0 Å². The van der Waals surface area contributed by atoms with E-state index < -0.39 is 0 Å². The highest BCUT2D eigenvalue weighted by Gasteiger charge is 2.16. The standard InChI is InChI=1S/C9H16N2/c1-9(2,3)11-7-5-10(4)6-8-11/h5-8H,1-4H3. The second-order valence-electron chi connectivity index (χ2n) is 3.84. The Labute approximate surface area is 68.8 Å². The van der Waals surface area contributed by atoms with Gasteiger partial charge in [0.05, 0.1) is 0 Å². The summed E-state index contributed by atoms with van der Waals surface area (Å²) in [6.07, 6.45) is 8.26. The molecular formula is C9H16N2. The zero-order valence-corrected chi connectivity index (χ0v) is 7.70. The summed E-state index contributed by atoms with van der Waals surface area (Å²) in [5.41, 5.74) is 0.189. The van der Waals surface area contributed by atoms with Crippen molar-refractivity contribution >= 4 is 0 Å². The van der Waals surface area contributed by atoms with Gasteiger partial charge < -0.3 is 9.80 Å². The summed E-state index contributed by atoms with van der Waals surface area (Å²) in [5.74, 6) is 0. The summed E-state index contributed by atoms with van der Waals surface area (Å²) in [4.78, 5) is 4.22. The summed E-state index contributed by atoms with van der Waals surface area (Å²) >= 11 is 0. The molecule has 0 aliphatic carbocycles. The van der Waals surface area contributed by atoms with E-state index in [-0.39, 0.29) is 5.54 Å². The molecule has 0 bridgehead atoms. The minimum atomic E-state index is 0.189. The van der Waals surface area contributed by atoms with E-state index in [0.717, 1.165) is 0 Å². The molecule has 1 rings (SSSR count). The lowest BCUT2D eigenvalue weighted by Crippen LogP contribution is -2.34. The van der Waals surface area contributed by atoms with Gasteiger partial charge in [-0.25, -0.2) is 0 Å². The molecule has 0 amide bonds. The van der Waals surface area contributed by atoms with Crippen LogP contribution in [0.1, 0.15) is 20.8 Å². The number of hydrogen-bond acceptors (Lipinski definition) is 2. The quantitative estimate of drug-likeness (QED) is 0.523. The molecular weight excluding hydrogens is 136 g/mol. The third kappa shape index (κ3) is 2.00. The normalized spacial score (nSPS) is 17.8. The molecule has 0 saturated heterocycles. The lowest BCUT2D eigenvalue weighted by molar-refractivity contribution is 0.267. The lowest BCUT2D eigenvalue weighted by atomic mass is 10.1. The zero-order valence-electron chi connectivity index (χ0n) is 7.70. The number of nitrogens with zero attached hydrogens (tertiary/aromatic N) is 2. The van der Waals surface area contributed by atoms with Crippen molar-refractivity contribution in [2.45, 2.75) is 26.3 Å². The first-order valence-electron chi connectivity index (χ1n) is 3.87. The van der Waals surface area contributed by atoms with Gasteiger partial charge in [0.15, 0.2) is 0 Å². The van der Waals surface area contributed by atoms with E-state index in [1.54, 1.807) is 0 Å². The maximum atomic E-state index is 2.19. The summed E-state index contributed by atoms with van der Waals surface area (Å²) in [6.45, 7) is 6.56. The Morgan fingerprint density at radius 1 is 0.909 bits per heavy atom. The summed E-state index contributed by atoms with van der Waals surface area (Å²) in [6, 6.07) is 0. The lowest BCUT2D eigenvalue weighted by Gasteiger charge is -2.34. The number of rotatable bonds is 0. The highest BCUT2D eigenvalue weighted by atomic mass is 15.2. The molecule has 2 nitrogen and oxygen atoms in total.